The van der Waals surface area contributed by atoms with Gasteiger partial charge in [-0.3, -0.25) is 19.7 Å². The molecule has 0 bridgehead atoms. The van der Waals surface area contributed by atoms with Gasteiger partial charge in [-0.05, 0) is 55.5 Å². The first kappa shape index (κ1) is 17.9. The first-order valence-corrected chi connectivity index (χ1v) is 9.25. The van der Waals surface area contributed by atoms with Crippen LogP contribution in [0, 0.1) is 16.0 Å². The van der Waals surface area contributed by atoms with Crippen LogP contribution in [-0.2, 0) is 4.79 Å². The van der Waals surface area contributed by atoms with E-state index in [4.69, 9.17) is 0 Å². The van der Waals surface area contributed by atoms with Crippen molar-refractivity contribution >= 4 is 40.6 Å². The molecular formula is C18H17N3O4S. The van der Waals surface area contributed by atoms with Gasteiger partial charge in [-0.15, -0.1) is 11.8 Å². The molecule has 2 aromatic rings. The zero-order valence-corrected chi connectivity index (χ0v) is 14.8. The second-order valence-electron chi connectivity index (χ2n) is 5.94. The second-order valence-corrected chi connectivity index (χ2v) is 6.81. The maximum Gasteiger partial charge on any atom is 0.282 e. The van der Waals surface area contributed by atoms with Crippen LogP contribution in [0.15, 0.2) is 47.4 Å². The van der Waals surface area contributed by atoms with E-state index in [-0.39, 0.29) is 23.1 Å². The first-order valence-electron chi connectivity index (χ1n) is 8.02. The average Bonchev–Trinajstić information content (AvgIpc) is 3.48. The standard InChI is InChI=1S/C18H17N3O4S/c1-26-14-8-9-16(21(24)25)15(10-14)18(23)20-13-6-4-12(5-7-13)19-17(22)11-2-3-11/h4-11H,2-3H2,1H3,(H,19,22)(H,20,23). The Bertz CT molecular complexity index is 863. The van der Waals surface area contributed by atoms with Crippen LogP contribution >= 0.6 is 11.8 Å². The number of amides is 2. The minimum atomic E-state index is -0.574. The van der Waals surface area contributed by atoms with Crippen molar-refractivity contribution in [2.24, 2.45) is 5.92 Å². The number of hydrogen-bond acceptors (Lipinski definition) is 5. The van der Waals surface area contributed by atoms with Crippen LogP contribution < -0.4 is 10.6 Å². The monoisotopic (exact) mass is 371 g/mol. The lowest BCUT2D eigenvalue weighted by Gasteiger charge is -2.09. The van der Waals surface area contributed by atoms with E-state index in [0.29, 0.717) is 11.4 Å². The van der Waals surface area contributed by atoms with Gasteiger partial charge in [0.2, 0.25) is 5.91 Å². The normalized spacial score (nSPS) is 13.1. The van der Waals surface area contributed by atoms with Gasteiger partial charge < -0.3 is 10.6 Å². The third-order valence-electron chi connectivity index (χ3n) is 4.00. The van der Waals surface area contributed by atoms with Crippen LogP contribution in [0.5, 0.6) is 0 Å². The maximum atomic E-state index is 12.5. The highest BCUT2D eigenvalue weighted by Crippen LogP contribution is 2.30. The molecule has 134 valence electrons. The smallest absolute Gasteiger partial charge is 0.282 e. The number of benzene rings is 2. The number of nitro groups is 1. The molecule has 1 fully saturated rings. The van der Waals surface area contributed by atoms with E-state index in [1.807, 2.05) is 6.26 Å². The van der Waals surface area contributed by atoms with Gasteiger partial charge in [0.05, 0.1) is 4.92 Å². The summed E-state index contributed by atoms with van der Waals surface area (Å²) in [5, 5.41) is 16.6. The molecule has 1 aliphatic rings. The van der Waals surface area contributed by atoms with E-state index in [9.17, 15) is 19.7 Å². The Morgan fingerprint density at radius 1 is 1.08 bits per heavy atom. The van der Waals surface area contributed by atoms with Crippen molar-refractivity contribution in [3.63, 3.8) is 0 Å². The summed E-state index contributed by atoms with van der Waals surface area (Å²) in [6, 6.07) is 11.1. The lowest BCUT2D eigenvalue weighted by atomic mass is 10.1. The van der Waals surface area contributed by atoms with Crippen molar-refractivity contribution < 1.29 is 14.5 Å². The van der Waals surface area contributed by atoms with Crippen LogP contribution in [0.1, 0.15) is 23.2 Å². The van der Waals surface area contributed by atoms with E-state index in [1.54, 1.807) is 30.3 Å². The summed E-state index contributed by atoms with van der Waals surface area (Å²) in [4.78, 5) is 35.6. The molecule has 0 atom stereocenters. The Balaban J connectivity index is 1.73. The highest BCUT2D eigenvalue weighted by Gasteiger charge is 2.29. The van der Waals surface area contributed by atoms with Crippen molar-refractivity contribution in [3.8, 4) is 0 Å². The highest BCUT2D eigenvalue weighted by molar-refractivity contribution is 7.98. The molecule has 0 unspecified atom stereocenters. The van der Waals surface area contributed by atoms with Crippen molar-refractivity contribution in [2.75, 3.05) is 16.9 Å². The molecule has 0 radical (unpaired) electrons. The molecule has 0 aromatic heterocycles. The van der Waals surface area contributed by atoms with Gasteiger partial charge in [-0.2, -0.15) is 0 Å². The number of nitro benzene ring substituents is 1. The molecule has 0 spiro atoms. The zero-order chi connectivity index (χ0) is 18.7. The van der Waals surface area contributed by atoms with Crippen LogP contribution in [0.4, 0.5) is 17.1 Å². The number of nitrogens with zero attached hydrogens (tertiary/aromatic N) is 1. The number of carbonyl (C=O) groups is 2. The first-order chi connectivity index (χ1) is 12.5. The zero-order valence-electron chi connectivity index (χ0n) is 14.0. The summed E-state index contributed by atoms with van der Waals surface area (Å²) in [6.07, 6.45) is 3.68. The summed E-state index contributed by atoms with van der Waals surface area (Å²) < 4.78 is 0. The lowest BCUT2D eigenvalue weighted by Crippen LogP contribution is -2.15. The van der Waals surface area contributed by atoms with Gasteiger partial charge in [0.25, 0.3) is 11.6 Å². The molecule has 0 heterocycles. The lowest BCUT2D eigenvalue weighted by molar-refractivity contribution is -0.385. The summed E-state index contributed by atoms with van der Waals surface area (Å²) in [6.45, 7) is 0. The SMILES string of the molecule is CSc1ccc([N+](=O)[O-])c(C(=O)Nc2ccc(NC(=O)C3CC3)cc2)c1. The Morgan fingerprint density at radius 3 is 2.23 bits per heavy atom. The maximum absolute atomic E-state index is 12.5. The molecule has 7 nitrogen and oxygen atoms in total. The number of thioether (sulfide) groups is 1. The third-order valence-corrected chi connectivity index (χ3v) is 4.73. The van der Waals surface area contributed by atoms with Crippen LogP contribution in [0.3, 0.4) is 0 Å². The fraction of sp³-hybridized carbons (Fsp3) is 0.222. The topological polar surface area (TPSA) is 101 Å². The number of carbonyl (C=O) groups excluding carboxylic acids is 2. The van der Waals surface area contributed by atoms with Gasteiger partial charge in [0.15, 0.2) is 0 Å². The van der Waals surface area contributed by atoms with Gasteiger partial charge in [0, 0.05) is 28.3 Å². The minimum Gasteiger partial charge on any atom is -0.326 e. The molecule has 3 rings (SSSR count). The second kappa shape index (κ2) is 7.57. The average molecular weight is 371 g/mol. The fourth-order valence-corrected chi connectivity index (χ4v) is 2.85. The number of hydrogen-bond donors (Lipinski definition) is 2. The molecule has 0 aliphatic heterocycles. The fourth-order valence-electron chi connectivity index (χ4n) is 2.41. The Kier molecular flexibility index (Phi) is 5.22. The van der Waals surface area contributed by atoms with Crippen molar-refractivity contribution in [1.29, 1.82) is 0 Å². The molecule has 2 aromatic carbocycles. The van der Waals surface area contributed by atoms with Crippen LogP contribution in [0.2, 0.25) is 0 Å². The molecule has 26 heavy (non-hydrogen) atoms. The van der Waals surface area contributed by atoms with Crippen LogP contribution in [-0.4, -0.2) is 23.0 Å². The van der Waals surface area contributed by atoms with E-state index >= 15 is 0 Å². The van der Waals surface area contributed by atoms with E-state index in [2.05, 4.69) is 10.6 Å². The summed E-state index contributed by atoms with van der Waals surface area (Å²) >= 11 is 1.40. The number of nitrogens with one attached hydrogen (secondary N) is 2. The van der Waals surface area contributed by atoms with Gasteiger partial charge in [0.1, 0.15) is 5.56 Å². The molecule has 8 heteroatoms. The third kappa shape index (κ3) is 4.20. The number of anilines is 2. The quantitative estimate of drug-likeness (QED) is 0.455. The largest absolute Gasteiger partial charge is 0.326 e. The molecule has 1 aliphatic carbocycles. The minimum absolute atomic E-state index is 0.00582. The molecule has 0 saturated heterocycles. The summed E-state index contributed by atoms with van der Waals surface area (Å²) in [7, 11) is 0. The van der Waals surface area contributed by atoms with Gasteiger partial charge in [-0.25, -0.2) is 0 Å². The Morgan fingerprint density at radius 2 is 1.69 bits per heavy atom. The van der Waals surface area contributed by atoms with Crippen molar-refractivity contribution in [3.05, 3.63) is 58.1 Å². The van der Waals surface area contributed by atoms with Crippen LogP contribution in [0.25, 0.3) is 0 Å². The van der Waals surface area contributed by atoms with E-state index in [1.165, 1.54) is 23.9 Å². The van der Waals surface area contributed by atoms with Gasteiger partial charge in [-0.1, -0.05) is 0 Å². The number of rotatable bonds is 6. The Hall–Kier alpha value is -2.87. The highest BCUT2D eigenvalue weighted by atomic mass is 32.2. The van der Waals surface area contributed by atoms with E-state index in [0.717, 1.165) is 17.7 Å². The summed E-state index contributed by atoms with van der Waals surface area (Å²) in [5.74, 6) is -0.438. The van der Waals surface area contributed by atoms with Crippen molar-refractivity contribution in [2.45, 2.75) is 17.7 Å². The van der Waals surface area contributed by atoms with Gasteiger partial charge >= 0.3 is 0 Å². The van der Waals surface area contributed by atoms with Crippen molar-refractivity contribution in [1.82, 2.24) is 0 Å². The Labute approximate surface area is 154 Å². The molecule has 2 amide bonds. The molecular weight excluding hydrogens is 354 g/mol. The molecule has 1 saturated carbocycles. The molecule has 2 N–H and O–H groups in total. The summed E-state index contributed by atoms with van der Waals surface area (Å²) in [5.41, 5.74) is 0.903. The predicted molar refractivity (Wildman–Crippen MR) is 101 cm³/mol. The van der Waals surface area contributed by atoms with E-state index < -0.39 is 10.8 Å². The predicted octanol–water partition coefficient (Wildman–Crippen LogP) is 3.92.